The second-order valence-corrected chi connectivity index (χ2v) is 11.4. The molecule has 0 saturated carbocycles. The monoisotopic (exact) mass is 482 g/mol. The van der Waals surface area contributed by atoms with Gasteiger partial charge in [-0.1, -0.05) is 29.0 Å². The maximum absolute atomic E-state index is 12.5. The van der Waals surface area contributed by atoms with Crippen LogP contribution in [0.2, 0.25) is 5.02 Å². The zero-order valence-corrected chi connectivity index (χ0v) is 20.0. The number of carbonyl (C=O) groups is 1. The molecule has 0 fully saturated rings. The van der Waals surface area contributed by atoms with Gasteiger partial charge in [-0.15, -0.1) is 0 Å². The molecule has 30 heavy (non-hydrogen) atoms. The van der Waals surface area contributed by atoms with Crippen LogP contribution in [0.15, 0.2) is 52.4 Å². The number of thiazole rings is 1. The van der Waals surface area contributed by atoms with Crippen LogP contribution in [0.5, 0.6) is 0 Å². The quantitative estimate of drug-likeness (QED) is 0.466. The van der Waals surface area contributed by atoms with Crippen LogP contribution in [0.25, 0.3) is 10.2 Å². The number of aryl methyl sites for hydroxylation is 2. The molecule has 0 N–H and O–H groups in total. The number of nitrogens with zero attached hydrogens (tertiary/aromatic N) is 2. The van der Waals surface area contributed by atoms with Crippen molar-refractivity contribution in [2.24, 2.45) is 4.99 Å². The molecule has 1 amide bonds. The number of hydrogen-bond donors (Lipinski definition) is 0. The number of thioether (sulfide) groups is 1. The predicted molar refractivity (Wildman–Crippen MR) is 126 cm³/mol. The summed E-state index contributed by atoms with van der Waals surface area (Å²) < 4.78 is 28.0. The Morgan fingerprint density at radius 2 is 1.93 bits per heavy atom. The second kappa shape index (κ2) is 10.1. The number of rotatable bonds is 8. The van der Waals surface area contributed by atoms with Crippen molar-refractivity contribution >= 4 is 60.7 Å². The second-order valence-electron chi connectivity index (χ2n) is 6.88. The zero-order valence-electron chi connectivity index (χ0n) is 16.8. The molecule has 5 nitrogen and oxygen atoms in total. The first-order valence-corrected chi connectivity index (χ1v) is 13.7. The van der Waals surface area contributed by atoms with Gasteiger partial charge in [0.15, 0.2) is 14.6 Å². The van der Waals surface area contributed by atoms with Gasteiger partial charge in [0.1, 0.15) is 0 Å². The number of fused-ring (bicyclic) bond motifs is 1. The Kier molecular flexibility index (Phi) is 7.79. The van der Waals surface area contributed by atoms with Gasteiger partial charge in [-0.25, -0.2) is 8.42 Å². The van der Waals surface area contributed by atoms with Crippen LogP contribution in [0.3, 0.4) is 0 Å². The minimum atomic E-state index is -3.45. The third kappa shape index (κ3) is 5.75. The topological polar surface area (TPSA) is 68.5 Å². The number of halogens is 1. The lowest BCUT2D eigenvalue weighted by Crippen LogP contribution is -2.18. The minimum absolute atomic E-state index is 0.0859. The Labute approximate surface area is 189 Å². The standard InChI is InChI=1S/C21H23ClN2O3S3/c1-15-5-10-18-19(14-15)29-21(24(18)11-12-28-2)23-20(25)4-3-13-30(26,27)17-8-6-16(22)7-9-17/h5-10,14H,3-4,11-13H2,1-2H3. The number of amides is 1. The van der Waals surface area contributed by atoms with E-state index >= 15 is 0 Å². The highest BCUT2D eigenvalue weighted by Gasteiger charge is 2.15. The molecule has 0 aliphatic rings. The molecule has 0 aliphatic carbocycles. The maximum Gasteiger partial charge on any atom is 0.248 e. The van der Waals surface area contributed by atoms with Crippen LogP contribution in [0.1, 0.15) is 18.4 Å². The van der Waals surface area contributed by atoms with E-state index in [2.05, 4.69) is 27.8 Å². The fourth-order valence-electron chi connectivity index (χ4n) is 3.00. The van der Waals surface area contributed by atoms with Crippen molar-refractivity contribution < 1.29 is 13.2 Å². The molecular weight excluding hydrogens is 460 g/mol. The van der Waals surface area contributed by atoms with Gasteiger partial charge >= 0.3 is 0 Å². The van der Waals surface area contributed by atoms with Gasteiger partial charge < -0.3 is 4.57 Å². The smallest absolute Gasteiger partial charge is 0.248 e. The predicted octanol–water partition coefficient (Wildman–Crippen LogP) is 4.71. The lowest BCUT2D eigenvalue weighted by Gasteiger charge is -2.04. The van der Waals surface area contributed by atoms with Crippen molar-refractivity contribution in [1.29, 1.82) is 0 Å². The summed E-state index contributed by atoms with van der Waals surface area (Å²) in [6.45, 7) is 2.80. The number of hydrogen-bond acceptors (Lipinski definition) is 5. The van der Waals surface area contributed by atoms with Gasteiger partial charge in [-0.3, -0.25) is 4.79 Å². The first kappa shape index (κ1) is 23.1. The van der Waals surface area contributed by atoms with Crippen molar-refractivity contribution in [1.82, 2.24) is 4.57 Å². The van der Waals surface area contributed by atoms with Crippen LogP contribution < -0.4 is 4.80 Å². The largest absolute Gasteiger partial charge is 0.316 e. The van der Waals surface area contributed by atoms with Crippen molar-refractivity contribution in [3.05, 3.63) is 57.9 Å². The van der Waals surface area contributed by atoms with Gasteiger partial charge in [0.2, 0.25) is 5.91 Å². The molecule has 0 bridgehead atoms. The summed E-state index contributed by atoms with van der Waals surface area (Å²) in [5, 5.41) is 0.483. The minimum Gasteiger partial charge on any atom is -0.316 e. The number of sulfone groups is 1. The molecule has 1 heterocycles. The first-order chi connectivity index (χ1) is 14.3. The summed E-state index contributed by atoms with van der Waals surface area (Å²) >= 11 is 9.04. The van der Waals surface area contributed by atoms with Gasteiger partial charge in [-0.05, 0) is 61.6 Å². The molecule has 0 unspecified atom stereocenters. The van der Waals surface area contributed by atoms with Gasteiger partial charge in [0.05, 0.1) is 20.9 Å². The normalized spacial score (nSPS) is 12.6. The molecule has 2 aromatic carbocycles. The number of aromatic nitrogens is 1. The van der Waals surface area contributed by atoms with Gasteiger partial charge in [0, 0.05) is 23.7 Å². The van der Waals surface area contributed by atoms with Gasteiger partial charge in [-0.2, -0.15) is 16.8 Å². The summed E-state index contributed by atoms with van der Waals surface area (Å²) in [5.41, 5.74) is 2.22. The van der Waals surface area contributed by atoms with E-state index in [1.807, 2.05) is 13.2 Å². The average Bonchev–Trinajstić information content (AvgIpc) is 3.02. The van der Waals surface area contributed by atoms with Crippen molar-refractivity contribution in [3.8, 4) is 0 Å². The highest BCUT2D eigenvalue weighted by Crippen LogP contribution is 2.20. The Bertz CT molecular complexity index is 1210. The van der Waals surface area contributed by atoms with Gasteiger partial charge in [0.25, 0.3) is 0 Å². The molecule has 3 rings (SSSR count). The SMILES string of the molecule is CSCCn1c(=NC(=O)CCCS(=O)(=O)c2ccc(Cl)cc2)sc2cc(C)ccc21. The van der Waals surface area contributed by atoms with Crippen molar-refractivity contribution in [3.63, 3.8) is 0 Å². The van der Waals surface area contributed by atoms with E-state index in [1.54, 1.807) is 23.9 Å². The molecule has 0 atom stereocenters. The maximum atomic E-state index is 12.5. The molecule has 9 heteroatoms. The molecule has 0 aliphatic heterocycles. The highest BCUT2D eigenvalue weighted by molar-refractivity contribution is 7.98. The molecule has 1 aromatic heterocycles. The van der Waals surface area contributed by atoms with Crippen molar-refractivity contribution in [2.45, 2.75) is 31.2 Å². The van der Waals surface area contributed by atoms with E-state index in [0.29, 0.717) is 9.82 Å². The third-order valence-corrected chi connectivity index (χ3v) is 8.25. The Morgan fingerprint density at radius 3 is 2.63 bits per heavy atom. The molecule has 160 valence electrons. The number of carbonyl (C=O) groups excluding carboxylic acids is 1. The summed E-state index contributed by atoms with van der Waals surface area (Å²) in [4.78, 5) is 17.6. The summed E-state index contributed by atoms with van der Waals surface area (Å²) in [6.07, 6.45) is 2.35. The summed E-state index contributed by atoms with van der Waals surface area (Å²) in [7, 11) is -3.45. The highest BCUT2D eigenvalue weighted by atomic mass is 35.5. The lowest BCUT2D eigenvalue weighted by atomic mass is 10.2. The Hall–Kier alpha value is -1.61. The van der Waals surface area contributed by atoms with Crippen LogP contribution in [-0.4, -0.2) is 36.7 Å². The van der Waals surface area contributed by atoms with E-state index in [1.165, 1.54) is 23.5 Å². The molecule has 0 saturated heterocycles. The summed E-state index contributed by atoms with van der Waals surface area (Å²) in [6, 6.07) is 12.3. The van der Waals surface area contributed by atoms with E-state index in [-0.39, 0.29) is 29.4 Å². The molecule has 0 radical (unpaired) electrons. The van der Waals surface area contributed by atoms with E-state index < -0.39 is 9.84 Å². The lowest BCUT2D eigenvalue weighted by molar-refractivity contribution is -0.118. The molecule has 3 aromatic rings. The average molecular weight is 483 g/mol. The van der Waals surface area contributed by atoms with Crippen LogP contribution in [0, 0.1) is 6.92 Å². The molecule has 0 spiro atoms. The third-order valence-electron chi connectivity index (χ3n) is 4.55. The zero-order chi connectivity index (χ0) is 21.7. The summed E-state index contributed by atoms with van der Waals surface area (Å²) in [5.74, 6) is 0.511. The van der Waals surface area contributed by atoms with E-state index in [4.69, 9.17) is 11.6 Å². The van der Waals surface area contributed by atoms with Crippen LogP contribution in [-0.2, 0) is 21.2 Å². The number of benzene rings is 2. The fraction of sp³-hybridized carbons (Fsp3) is 0.333. The van der Waals surface area contributed by atoms with E-state index in [0.717, 1.165) is 28.1 Å². The van der Waals surface area contributed by atoms with E-state index in [9.17, 15) is 13.2 Å². The van der Waals surface area contributed by atoms with Crippen LogP contribution >= 0.6 is 34.7 Å². The Morgan fingerprint density at radius 1 is 1.20 bits per heavy atom. The Balaban J connectivity index is 1.74. The first-order valence-electron chi connectivity index (χ1n) is 9.45. The van der Waals surface area contributed by atoms with Crippen LogP contribution in [0.4, 0.5) is 0 Å². The molecular formula is C21H23ClN2O3S3. The van der Waals surface area contributed by atoms with Crippen molar-refractivity contribution in [2.75, 3.05) is 17.8 Å². The fourth-order valence-corrected chi connectivity index (χ4v) is 5.97.